The van der Waals surface area contributed by atoms with E-state index in [4.69, 9.17) is 0 Å². The van der Waals surface area contributed by atoms with Crippen molar-refractivity contribution >= 4 is 22.8 Å². The molecule has 0 aliphatic carbocycles. The molecule has 0 amide bonds. The number of aliphatic imine (C=N–C) groups is 1. The average Bonchev–Trinajstić information content (AvgIpc) is 2.31. The number of nitrogens with zero attached hydrogens (tertiary/aromatic N) is 2. The molecule has 0 fully saturated rings. The van der Waals surface area contributed by atoms with Crippen LogP contribution in [0.3, 0.4) is 0 Å². The molecule has 0 atom stereocenters. The summed E-state index contributed by atoms with van der Waals surface area (Å²) in [7, 11) is 1.72. The van der Waals surface area contributed by atoms with E-state index in [1.165, 1.54) is 0 Å². The van der Waals surface area contributed by atoms with Gasteiger partial charge in [0, 0.05) is 12.4 Å². The van der Waals surface area contributed by atoms with Crippen LogP contribution in [-0.2, 0) is 0 Å². The molecule has 0 aromatic carbocycles. The SMILES string of the molecule is CN=CNc1nc(C)cs1. The van der Waals surface area contributed by atoms with Gasteiger partial charge >= 0.3 is 0 Å². The summed E-state index contributed by atoms with van der Waals surface area (Å²) in [6.45, 7) is 1.96. The van der Waals surface area contributed by atoms with E-state index >= 15 is 0 Å². The molecule has 0 saturated carbocycles. The second kappa shape index (κ2) is 3.31. The van der Waals surface area contributed by atoms with E-state index in [2.05, 4.69) is 15.3 Å². The Balaban J connectivity index is 2.58. The molecular weight excluding hydrogens is 146 g/mol. The van der Waals surface area contributed by atoms with E-state index in [1.807, 2.05) is 12.3 Å². The smallest absolute Gasteiger partial charge is 0.188 e. The summed E-state index contributed by atoms with van der Waals surface area (Å²) < 4.78 is 0. The van der Waals surface area contributed by atoms with Crippen LogP contribution in [0.5, 0.6) is 0 Å². The van der Waals surface area contributed by atoms with Gasteiger partial charge in [-0.25, -0.2) is 4.98 Å². The zero-order valence-corrected chi connectivity index (χ0v) is 6.77. The Kier molecular flexibility index (Phi) is 2.39. The summed E-state index contributed by atoms with van der Waals surface area (Å²) in [5.74, 6) is 0. The quantitative estimate of drug-likeness (QED) is 0.519. The lowest BCUT2D eigenvalue weighted by Gasteiger charge is -1.88. The fourth-order valence-electron chi connectivity index (χ4n) is 0.540. The molecule has 1 rings (SSSR count). The molecule has 4 heteroatoms. The molecular formula is C6H9N3S. The molecule has 0 spiro atoms. The highest BCUT2D eigenvalue weighted by Crippen LogP contribution is 2.12. The molecule has 1 heterocycles. The van der Waals surface area contributed by atoms with Crippen molar-refractivity contribution in [3.05, 3.63) is 11.1 Å². The molecule has 10 heavy (non-hydrogen) atoms. The molecule has 3 nitrogen and oxygen atoms in total. The molecule has 0 radical (unpaired) electrons. The van der Waals surface area contributed by atoms with Gasteiger partial charge in [0.25, 0.3) is 0 Å². The van der Waals surface area contributed by atoms with E-state index in [1.54, 1.807) is 24.7 Å². The topological polar surface area (TPSA) is 37.3 Å². The highest BCUT2D eigenvalue weighted by molar-refractivity contribution is 7.13. The van der Waals surface area contributed by atoms with Gasteiger partial charge in [-0.3, -0.25) is 4.99 Å². The maximum atomic E-state index is 4.16. The number of hydrogen-bond donors (Lipinski definition) is 1. The Morgan fingerprint density at radius 2 is 2.60 bits per heavy atom. The second-order valence-electron chi connectivity index (χ2n) is 1.83. The molecule has 0 aliphatic heterocycles. The predicted octanol–water partition coefficient (Wildman–Crippen LogP) is 1.52. The highest BCUT2D eigenvalue weighted by atomic mass is 32.1. The summed E-state index contributed by atoms with van der Waals surface area (Å²) in [4.78, 5) is 7.94. The van der Waals surface area contributed by atoms with Gasteiger partial charge < -0.3 is 5.32 Å². The van der Waals surface area contributed by atoms with Gasteiger partial charge in [-0.15, -0.1) is 11.3 Å². The van der Waals surface area contributed by atoms with Crippen LogP contribution in [0.15, 0.2) is 10.4 Å². The van der Waals surface area contributed by atoms with Gasteiger partial charge in [0.2, 0.25) is 0 Å². The van der Waals surface area contributed by atoms with Crippen molar-refractivity contribution < 1.29 is 0 Å². The zero-order chi connectivity index (χ0) is 7.40. The van der Waals surface area contributed by atoms with Crippen molar-refractivity contribution in [1.82, 2.24) is 4.98 Å². The maximum absolute atomic E-state index is 4.16. The van der Waals surface area contributed by atoms with E-state index < -0.39 is 0 Å². The zero-order valence-electron chi connectivity index (χ0n) is 5.96. The van der Waals surface area contributed by atoms with E-state index in [0.29, 0.717) is 0 Å². The molecule has 0 aliphatic rings. The summed E-state index contributed by atoms with van der Waals surface area (Å²) >= 11 is 1.58. The van der Waals surface area contributed by atoms with Crippen molar-refractivity contribution in [1.29, 1.82) is 0 Å². The van der Waals surface area contributed by atoms with Crippen molar-refractivity contribution in [3.8, 4) is 0 Å². The molecule has 0 bridgehead atoms. The maximum Gasteiger partial charge on any atom is 0.188 e. The third-order valence-corrected chi connectivity index (χ3v) is 1.83. The Labute approximate surface area is 63.8 Å². The Morgan fingerprint density at radius 1 is 1.80 bits per heavy atom. The third-order valence-electron chi connectivity index (χ3n) is 0.936. The lowest BCUT2D eigenvalue weighted by molar-refractivity contribution is 1.27. The second-order valence-corrected chi connectivity index (χ2v) is 2.68. The average molecular weight is 155 g/mol. The minimum Gasteiger partial charge on any atom is -0.323 e. The standard InChI is InChI=1S/C6H9N3S/c1-5-3-10-6(9-5)8-4-7-2/h3-4H,1-2H3,(H,7,8,9). The number of thiazole rings is 1. The summed E-state index contributed by atoms with van der Waals surface area (Å²) in [6, 6.07) is 0. The Bertz CT molecular complexity index is 229. The van der Waals surface area contributed by atoms with Gasteiger partial charge in [0.1, 0.15) is 0 Å². The Morgan fingerprint density at radius 3 is 3.10 bits per heavy atom. The number of rotatable bonds is 2. The summed E-state index contributed by atoms with van der Waals surface area (Å²) in [5.41, 5.74) is 1.04. The fraction of sp³-hybridized carbons (Fsp3) is 0.333. The van der Waals surface area contributed by atoms with Gasteiger partial charge in [0.15, 0.2) is 5.13 Å². The number of hydrogen-bond acceptors (Lipinski definition) is 3. The van der Waals surface area contributed by atoms with Gasteiger partial charge in [-0.2, -0.15) is 0 Å². The number of nitrogens with one attached hydrogen (secondary N) is 1. The Hall–Kier alpha value is -0.900. The van der Waals surface area contributed by atoms with E-state index in [9.17, 15) is 0 Å². The van der Waals surface area contributed by atoms with E-state index in [-0.39, 0.29) is 0 Å². The normalized spacial score (nSPS) is 10.6. The first-order chi connectivity index (χ1) is 4.83. The van der Waals surface area contributed by atoms with Crippen LogP contribution in [-0.4, -0.2) is 18.4 Å². The molecule has 1 aromatic rings. The molecule has 54 valence electrons. The van der Waals surface area contributed by atoms with Crippen LogP contribution in [0.1, 0.15) is 5.69 Å². The van der Waals surface area contributed by atoms with Crippen LogP contribution in [0, 0.1) is 6.92 Å². The largest absolute Gasteiger partial charge is 0.323 e. The minimum absolute atomic E-state index is 0.892. The minimum atomic E-state index is 0.892. The van der Waals surface area contributed by atoms with E-state index in [0.717, 1.165) is 10.8 Å². The monoisotopic (exact) mass is 155 g/mol. The van der Waals surface area contributed by atoms with Crippen LogP contribution < -0.4 is 5.32 Å². The van der Waals surface area contributed by atoms with Crippen molar-refractivity contribution in [2.75, 3.05) is 12.4 Å². The lowest BCUT2D eigenvalue weighted by Crippen LogP contribution is -1.92. The number of aromatic nitrogens is 1. The van der Waals surface area contributed by atoms with Crippen LogP contribution >= 0.6 is 11.3 Å². The fourth-order valence-corrected chi connectivity index (χ4v) is 1.19. The number of anilines is 1. The van der Waals surface area contributed by atoms with Crippen LogP contribution in [0.4, 0.5) is 5.13 Å². The van der Waals surface area contributed by atoms with Crippen molar-refractivity contribution in [3.63, 3.8) is 0 Å². The highest BCUT2D eigenvalue weighted by Gasteiger charge is 1.92. The van der Waals surface area contributed by atoms with Crippen molar-refractivity contribution in [2.45, 2.75) is 6.92 Å². The van der Waals surface area contributed by atoms with Gasteiger partial charge in [-0.05, 0) is 6.92 Å². The molecule has 0 unspecified atom stereocenters. The summed E-state index contributed by atoms with van der Waals surface area (Å²) in [5, 5.41) is 5.81. The first-order valence-corrected chi connectivity index (χ1v) is 3.80. The third kappa shape index (κ3) is 1.80. The predicted molar refractivity (Wildman–Crippen MR) is 44.9 cm³/mol. The van der Waals surface area contributed by atoms with Gasteiger partial charge in [0.05, 0.1) is 12.0 Å². The van der Waals surface area contributed by atoms with Crippen molar-refractivity contribution in [2.24, 2.45) is 4.99 Å². The molecule has 0 saturated heterocycles. The van der Waals surface area contributed by atoms with Crippen LogP contribution in [0.25, 0.3) is 0 Å². The molecule has 1 N–H and O–H groups in total. The first kappa shape index (κ1) is 7.21. The van der Waals surface area contributed by atoms with Gasteiger partial charge in [-0.1, -0.05) is 0 Å². The lowest BCUT2D eigenvalue weighted by atomic mass is 10.6. The number of aryl methyl sites for hydroxylation is 1. The molecule has 1 aromatic heterocycles. The summed E-state index contributed by atoms with van der Waals surface area (Å²) in [6.07, 6.45) is 1.62. The van der Waals surface area contributed by atoms with Crippen LogP contribution in [0.2, 0.25) is 0 Å². The first-order valence-electron chi connectivity index (χ1n) is 2.92.